The molecule has 0 spiro atoms. The number of methoxy groups -OCH3 is 3. The number of nitrogens with zero attached hydrogens (tertiary/aromatic N) is 1. The number of carbonyl (C=O) groups is 5. The van der Waals surface area contributed by atoms with Crippen molar-refractivity contribution in [3.05, 3.63) is 47.6 Å². The van der Waals surface area contributed by atoms with Gasteiger partial charge in [-0.25, -0.2) is 4.79 Å². The number of fused-ring (bicyclic) bond motifs is 3. The maximum atomic E-state index is 14.6. The second-order valence-corrected chi connectivity index (χ2v) is 20.7. The summed E-state index contributed by atoms with van der Waals surface area (Å²) in [6.07, 6.45) is 12.7. The molecule has 2 bridgehead atoms. The number of ketones is 3. The Kier molecular flexibility index (Phi) is 24.9. The summed E-state index contributed by atoms with van der Waals surface area (Å²) < 4.78 is 42.0. The summed E-state index contributed by atoms with van der Waals surface area (Å²) >= 11 is 0. The molecule has 0 unspecified atom stereocenters. The van der Waals surface area contributed by atoms with Gasteiger partial charge in [-0.1, -0.05) is 71.1 Å². The molecule has 16 heteroatoms. The van der Waals surface area contributed by atoms with E-state index in [0.29, 0.717) is 63.4 Å². The Morgan fingerprint density at radius 1 is 0.789 bits per heavy atom. The molecule has 16 nitrogen and oxygen atoms in total. The zero-order valence-corrected chi connectivity index (χ0v) is 44.3. The number of rotatable bonds is 12. The second kappa shape index (κ2) is 29.4. The van der Waals surface area contributed by atoms with Crippen LogP contribution < -0.4 is 0 Å². The molecule has 3 fully saturated rings. The zero-order valence-electron chi connectivity index (χ0n) is 44.3. The summed E-state index contributed by atoms with van der Waals surface area (Å²) in [5, 5.41) is 31.2. The molecule has 2 saturated heterocycles. The van der Waals surface area contributed by atoms with Crippen molar-refractivity contribution in [2.24, 2.45) is 35.5 Å². The summed E-state index contributed by atoms with van der Waals surface area (Å²) in [6.45, 7) is 12.7. The molecule has 4 rings (SSSR count). The topological polar surface area (TPSA) is 214 Å². The van der Waals surface area contributed by atoms with Gasteiger partial charge in [0, 0.05) is 58.5 Å². The molecule has 3 N–H and O–H groups in total. The number of esters is 1. The van der Waals surface area contributed by atoms with Gasteiger partial charge >= 0.3 is 5.97 Å². The maximum absolute atomic E-state index is 14.6. The molecule has 15 atom stereocenters. The van der Waals surface area contributed by atoms with Gasteiger partial charge in [0.15, 0.2) is 5.78 Å². The van der Waals surface area contributed by atoms with Crippen molar-refractivity contribution in [1.29, 1.82) is 0 Å². The van der Waals surface area contributed by atoms with E-state index in [1.54, 1.807) is 41.1 Å². The quantitative estimate of drug-likeness (QED) is 0.113. The standard InChI is InChI=1S/C55H87NO15/c1-34-16-12-11-13-17-35(2)46(65-8)32-42-21-19-40(7)55(64,71-42)52(61)53(62)56-23-15-14-18-43(56)54(63)70-47(37(4)30-41-20-22-45(68-26-24-57)48(31-41)66-9)33-44(59)36(3)29-39(6)50(69-27-25-58)51(67-10)49(60)38(5)28-34/h11-13,16-17,29,34,36-38,40-43,45-48,50-51,57-58,64H,14-15,18-28,30-33H2,1-10H3/t34-,36-,37-,38-,40-,41+,42+,43+,45-,46+,47+,48-,50-,51+,55-/m1/s1. The fourth-order valence-corrected chi connectivity index (χ4v) is 10.9. The second-order valence-electron chi connectivity index (χ2n) is 20.7. The van der Waals surface area contributed by atoms with E-state index in [0.717, 1.165) is 12.0 Å². The van der Waals surface area contributed by atoms with Gasteiger partial charge in [-0.2, -0.15) is 0 Å². The first-order chi connectivity index (χ1) is 33.8. The minimum Gasteiger partial charge on any atom is -0.460 e. The Hall–Kier alpha value is -3.45. The zero-order chi connectivity index (χ0) is 52.4. The molecule has 71 heavy (non-hydrogen) atoms. The van der Waals surface area contributed by atoms with E-state index < -0.39 is 77.8 Å². The Bertz CT molecular complexity index is 1860. The number of hydrogen-bond donors (Lipinski definition) is 3. The van der Waals surface area contributed by atoms with Crippen LogP contribution in [0.15, 0.2) is 47.6 Å². The van der Waals surface area contributed by atoms with E-state index in [1.807, 2.05) is 58.1 Å². The molecule has 1 saturated carbocycles. The fourth-order valence-electron chi connectivity index (χ4n) is 10.9. The van der Waals surface area contributed by atoms with Crippen LogP contribution in [0.5, 0.6) is 0 Å². The first-order valence-electron chi connectivity index (χ1n) is 26.1. The third-order valence-electron chi connectivity index (χ3n) is 15.2. The van der Waals surface area contributed by atoms with E-state index in [4.69, 9.17) is 33.2 Å². The molecular weight excluding hydrogens is 915 g/mol. The van der Waals surface area contributed by atoms with Crippen LogP contribution in [0.4, 0.5) is 0 Å². The molecule has 4 aliphatic rings. The van der Waals surface area contributed by atoms with Crippen molar-refractivity contribution in [1.82, 2.24) is 4.90 Å². The number of hydrogen-bond acceptors (Lipinski definition) is 15. The van der Waals surface area contributed by atoms with E-state index in [1.165, 1.54) is 12.0 Å². The number of amides is 1. The van der Waals surface area contributed by atoms with E-state index in [2.05, 4.69) is 0 Å². The van der Waals surface area contributed by atoms with Crippen LogP contribution in [0.1, 0.15) is 126 Å². The Morgan fingerprint density at radius 3 is 2.18 bits per heavy atom. The number of carbonyl (C=O) groups excluding carboxylic acids is 5. The van der Waals surface area contributed by atoms with Crippen LogP contribution in [-0.2, 0) is 57.1 Å². The highest BCUT2D eigenvalue weighted by atomic mass is 16.6. The number of ether oxygens (including phenoxy) is 7. The lowest BCUT2D eigenvalue weighted by Gasteiger charge is -2.42. The first-order valence-corrected chi connectivity index (χ1v) is 26.1. The molecule has 3 heterocycles. The third kappa shape index (κ3) is 16.8. The highest BCUT2D eigenvalue weighted by Gasteiger charge is 2.53. The highest BCUT2D eigenvalue weighted by molar-refractivity contribution is 6.39. The molecule has 0 aromatic rings. The van der Waals surface area contributed by atoms with Crippen molar-refractivity contribution in [2.75, 3.05) is 54.3 Å². The van der Waals surface area contributed by atoms with Crippen LogP contribution in [0, 0.1) is 35.5 Å². The van der Waals surface area contributed by atoms with Gasteiger partial charge in [-0.15, -0.1) is 0 Å². The molecule has 1 aliphatic carbocycles. The van der Waals surface area contributed by atoms with Crippen LogP contribution >= 0.6 is 0 Å². The van der Waals surface area contributed by atoms with Crippen LogP contribution in [0.2, 0.25) is 0 Å². The van der Waals surface area contributed by atoms with Gasteiger partial charge in [-0.05, 0) is 107 Å². The van der Waals surface area contributed by atoms with Crippen molar-refractivity contribution in [3.8, 4) is 0 Å². The van der Waals surface area contributed by atoms with Crippen molar-refractivity contribution >= 4 is 29.2 Å². The van der Waals surface area contributed by atoms with Gasteiger partial charge in [-0.3, -0.25) is 19.2 Å². The number of cyclic esters (lactones) is 1. The highest BCUT2D eigenvalue weighted by Crippen LogP contribution is 2.38. The summed E-state index contributed by atoms with van der Waals surface area (Å²) in [5.74, 6) is -7.84. The largest absolute Gasteiger partial charge is 0.460 e. The average molecular weight is 1000 g/mol. The number of aliphatic hydroxyl groups is 3. The van der Waals surface area contributed by atoms with E-state index in [9.17, 15) is 39.3 Å². The summed E-state index contributed by atoms with van der Waals surface area (Å²) in [7, 11) is 4.65. The molecule has 0 radical (unpaired) electrons. The predicted octanol–water partition coefficient (Wildman–Crippen LogP) is 6.21. The molecule has 3 aliphatic heterocycles. The number of allylic oxidation sites excluding steroid dienone is 6. The Balaban J connectivity index is 1.74. The molecule has 1 amide bonds. The molecular formula is C55H87NO15. The minimum absolute atomic E-state index is 0.0155. The number of Topliss-reactive ketones (excluding diaryl/α,β-unsaturated/α-hetero) is 3. The maximum Gasteiger partial charge on any atom is 0.329 e. The van der Waals surface area contributed by atoms with Crippen LogP contribution in [-0.4, -0.2) is 158 Å². The summed E-state index contributed by atoms with van der Waals surface area (Å²) in [6, 6.07) is -1.15. The smallest absolute Gasteiger partial charge is 0.329 e. The molecule has 0 aromatic heterocycles. The van der Waals surface area contributed by atoms with E-state index >= 15 is 0 Å². The number of piperidine rings is 1. The predicted molar refractivity (Wildman–Crippen MR) is 267 cm³/mol. The monoisotopic (exact) mass is 1000 g/mol. The number of aliphatic hydroxyl groups excluding tert-OH is 2. The van der Waals surface area contributed by atoms with Crippen LogP contribution in [0.25, 0.3) is 0 Å². The third-order valence-corrected chi connectivity index (χ3v) is 15.2. The normalized spacial score (nSPS) is 35.6. The summed E-state index contributed by atoms with van der Waals surface area (Å²) in [4.78, 5) is 72.9. The van der Waals surface area contributed by atoms with Gasteiger partial charge in [0.2, 0.25) is 5.79 Å². The van der Waals surface area contributed by atoms with Gasteiger partial charge in [0.05, 0.1) is 50.8 Å². The Morgan fingerprint density at radius 2 is 1.51 bits per heavy atom. The van der Waals surface area contributed by atoms with Gasteiger partial charge < -0.3 is 53.4 Å². The average Bonchev–Trinajstić information content (AvgIpc) is 3.35. The lowest BCUT2D eigenvalue weighted by Crippen LogP contribution is -2.61. The first kappa shape index (κ1) is 60.1. The minimum atomic E-state index is -2.44. The molecule has 402 valence electrons. The van der Waals surface area contributed by atoms with Crippen LogP contribution in [0.3, 0.4) is 0 Å². The molecule has 0 aromatic carbocycles. The van der Waals surface area contributed by atoms with Crippen molar-refractivity contribution in [3.63, 3.8) is 0 Å². The summed E-state index contributed by atoms with van der Waals surface area (Å²) in [5.41, 5.74) is 1.44. The van der Waals surface area contributed by atoms with Gasteiger partial charge in [0.25, 0.3) is 11.7 Å². The van der Waals surface area contributed by atoms with Crippen molar-refractivity contribution < 1.29 is 72.5 Å². The fraction of sp³-hybridized carbons (Fsp3) is 0.764. The SMILES string of the molecule is CO[C@H]1C[C@@H]2CC[C@@H](C)[C@@](O)(O2)C(=O)C(=O)N2CCCC[C@H]2C(=O)O[C@H]([C@H](C)C[C@@H]2CC[C@@H](OCCO)[C@H](OC)C2)CC(=O)[C@H](C)C=C(C)[C@@H](OCCO)[C@@H](OC)C(=O)[C@H](C)C[C@H](C)C=CC=CC=C1C. The Labute approximate surface area is 422 Å². The van der Waals surface area contributed by atoms with Gasteiger partial charge in [0.1, 0.15) is 30.1 Å². The lowest BCUT2D eigenvalue weighted by atomic mass is 9.78. The van der Waals surface area contributed by atoms with E-state index in [-0.39, 0.29) is 87.3 Å². The van der Waals surface area contributed by atoms with Crippen molar-refractivity contribution in [2.45, 2.75) is 180 Å². The lowest BCUT2D eigenvalue weighted by molar-refractivity contribution is -0.265.